The van der Waals surface area contributed by atoms with Crippen LogP contribution in [0.3, 0.4) is 0 Å². The van der Waals surface area contributed by atoms with Gasteiger partial charge >= 0.3 is 0 Å². The summed E-state index contributed by atoms with van der Waals surface area (Å²) in [5, 5.41) is 4.75. The molecule has 0 atom stereocenters. The zero-order valence-corrected chi connectivity index (χ0v) is 6.55. The van der Waals surface area contributed by atoms with Gasteiger partial charge in [-0.3, -0.25) is 0 Å². The minimum atomic E-state index is 0.765. The Morgan fingerprint density at radius 1 is 0.700 bits per heavy atom. The van der Waals surface area contributed by atoms with Crippen LogP contribution in [0.1, 0.15) is 44.9 Å². The van der Waals surface area contributed by atoms with Crippen molar-refractivity contribution in [3.63, 3.8) is 0 Å². The van der Waals surface area contributed by atoms with Crippen LogP contribution in [-0.2, 0) is 0 Å². The third-order valence-corrected chi connectivity index (χ3v) is 2.54. The van der Waals surface area contributed by atoms with E-state index in [0.717, 1.165) is 12.1 Å². The normalized spacial score (nSPS) is 28.8. The predicted molar refractivity (Wildman–Crippen MR) is 42.0 cm³/mol. The van der Waals surface area contributed by atoms with Crippen LogP contribution in [0.5, 0.6) is 0 Å². The average Bonchev–Trinajstić information content (AvgIpc) is 2.74. The van der Waals surface area contributed by atoms with Crippen molar-refractivity contribution < 1.29 is 0 Å². The molecule has 0 aromatic carbocycles. The minimum absolute atomic E-state index is 0.765. The second-order valence-corrected chi connectivity index (χ2v) is 3.67. The third-order valence-electron chi connectivity index (χ3n) is 2.54. The average molecular weight is 138 g/mol. The van der Waals surface area contributed by atoms with E-state index in [9.17, 15) is 0 Å². The van der Waals surface area contributed by atoms with Crippen molar-refractivity contribution in [3.8, 4) is 0 Å². The molecule has 0 N–H and O–H groups in total. The van der Waals surface area contributed by atoms with E-state index in [2.05, 4.69) is 0 Å². The lowest BCUT2D eigenvalue weighted by atomic mass is 9.95. The lowest BCUT2D eigenvalue weighted by Crippen LogP contribution is -2.25. The van der Waals surface area contributed by atoms with Crippen LogP contribution >= 0.6 is 0 Å². The second kappa shape index (κ2) is 2.91. The molecular weight excluding hydrogens is 122 g/mol. The molecule has 0 unspecified atom stereocenters. The Bertz CT molecular complexity index is 101. The number of hydrogen-bond donors (Lipinski definition) is 0. The van der Waals surface area contributed by atoms with E-state index in [-0.39, 0.29) is 0 Å². The predicted octanol–water partition coefficient (Wildman–Crippen LogP) is 2.09. The smallest absolute Gasteiger partial charge is 0.0250 e. The van der Waals surface area contributed by atoms with Gasteiger partial charge in [0, 0.05) is 12.1 Å². The van der Waals surface area contributed by atoms with E-state index in [4.69, 9.17) is 5.32 Å². The summed E-state index contributed by atoms with van der Waals surface area (Å²) in [6.07, 6.45) is 9.86. The van der Waals surface area contributed by atoms with Crippen LogP contribution in [0.4, 0.5) is 0 Å². The first-order valence-corrected chi connectivity index (χ1v) is 4.65. The summed E-state index contributed by atoms with van der Waals surface area (Å²) >= 11 is 0. The van der Waals surface area contributed by atoms with Crippen molar-refractivity contribution in [1.82, 2.24) is 5.32 Å². The van der Waals surface area contributed by atoms with Crippen LogP contribution < -0.4 is 5.32 Å². The van der Waals surface area contributed by atoms with Gasteiger partial charge in [-0.1, -0.05) is 19.3 Å². The second-order valence-electron chi connectivity index (χ2n) is 3.67. The summed E-state index contributed by atoms with van der Waals surface area (Å²) in [5.74, 6) is 0. The Morgan fingerprint density at radius 3 is 1.90 bits per heavy atom. The summed E-state index contributed by atoms with van der Waals surface area (Å²) in [4.78, 5) is 0. The highest BCUT2D eigenvalue weighted by molar-refractivity contribution is 4.85. The Morgan fingerprint density at radius 2 is 1.30 bits per heavy atom. The van der Waals surface area contributed by atoms with Gasteiger partial charge in [-0.15, -0.1) is 0 Å². The summed E-state index contributed by atoms with van der Waals surface area (Å²) in [6, 6.07) is 1.56. The molecule has 1 nitrogen and oxygen atoms in total. The third kappa shape index (κ3) is 1.72. The molecule has 0 aromatic heterocycles. The molecule has 0 saturated heterocycles. The van der Waals surface area contributed by atoms with Gasteiger partial charge in [0.25, 0.3) is 0 Å². The first-order chi connectivity index (χ1) is 4.95. The van der Waals surface area contributed by atoms with E-state index >= 15 is 0 Å². The topological polar surface area (TPSA) is 14.1 Å². The summed E-state index contributed by atoms with van der Waals surface area (Å²) in [5.41, 5.74) is 0. The first kappa shape index (κ1) is 6.66. The Labute approximate surface area is 63.2 Å². The maximum atomic E-state index is 4.75. The van der Waals surface area contributed by atoms with Crippen LogP contribution in [-0.4, -0.2) is 12.1 Å². The molecule has 1 radical (unpaired) electrons. The molecule has 2 fully saturated rings. The van der Waals surface area contributed by atoms with Gasteiger partial charge in [0.05, 0.1) is 0 Å². The molecule has 2 aliphatic rings. The van der Waals surface area contributed by atoms with Gasteiger partial charge in [0.1, 0.15) is 0 Å². The maximum Gasteiger partial charge on any atom is 0.0250 e. The minimum Gasteiger partial charge on any atom is -0.235 e. The van der Waals surface area contributed by atoms with Crippen molar-refractivity contribution in [2.75, 3.05) is 0 Å². The van der Waals surface area contributed by atoms with Gasteiger partial charge in [-0.2, -0.15) is 0 Å². The van der Waals surface area contributed by atoms with Crippen molar-refractivity contribution in [3.05, 3.63) is 0 Å². The standard InChI is InChI=1S/C9H16N/c1-2-4-8(5-3-1)10-9-6-7-9/h8-9H,1-7H2. The van der Waals surface area contributed by atoms with Crippen molar-refractivity contribution >= 4 is 0 Å². The molecule has 57 valence electrons. The van der Waals surface area contributed by atoms with Gasteiger partial charge in [0.15, 0.2) is 0 Å². The van der Waals surface area contributed by atoms with E-state index in [0.29, 0.717) is 0 Å². The summed E-state index contributed by atoms with van der Waals surface area (Å²) < 4.78 is 0. The molecule has 0 aliphatic heterocycles. The van der Waals surface area contributed by atoms with Crippen LogP contribution in [0, 0.1) is 0 Å². The van der Waals surface area contributed by atoms with Crippen molar-refractivity contribution in [2.45, 2.75) is 57.0 Å². The molecule has 2 rings (SSSR count). The monoisotopic (exact) mass is 138 g/mol. The first-order valence-electron chi connectivity index (χ1n) is 4.65. The molecule has 0 spiro atoms. The summed E-state index contributed by atoms with van der Waals surface area (Å²) in [7, 11) is 0. The largest absolute Gasteiger partial charge is 0.235 e. The SMILES string of the molecule is C1CCC([N]C2CC2)CC1. The lowest BCUT2D eigenvalue weighted by molar-refractivity contribution is 0.365. The number of nitrogens with zero attached hydrogens (tertiary/aromatic N) is 1. The lowest BCUT2D eigenvalue weighted by Gasteiger charge is -2.20. The van der Waals surface area contributed by atoms with Crippen LogP contribution in [0.15, 0.2) is 0 Å². The molecule has 2 aliphatic carbocycles. The van der Waals surface area contributed by atoms with E-state index in [1.807, 2.05) is 0 Å². The molecule has 10 heavy (non-hydrogen) atoms. The van der Waals surface area contributed by atoms with Gasteiger partial charge < -0.3 is 0 Å². The molecule has 0 heterocycles. The Kier molecular flexibility index (Phi) is 1.94. The summed E-state index contributed by atoms with van der Waals surface area (Å²) in [6.45, 7) is 0. The van der Waals surface area contributed by atoms with Gasteiger partial charge in [-0.05, 0) is 25.7 Å². The zero-order valence-electron chi connectivity index (χ0n) is 6.55. The molecule has 2 saturated carbocycles. The number of hydrogen-bond acceptors (Lipinski definition) is 0. The fourth-order valence-electron chi connectivity index (χ4n) is 1.75. The van der Waals surface area contributed by atoms with Gasteiger partial charge in [-0.25, -0.2) is 5.32 Å². The van der Waals surface area contributed by atoms with Crippen molar-refractivity contribution in [2.24, 2.45) is 0 Å². The Hall–Kier alpha value is -0.0400. The molecule has 0 amide bonds. The highest BCUT2D eigenvalue weighted by atomic mass is 15.0. The fraction of sp³-hybridized carbons (Fsp3) is 1.00. The zero-order chi connectivity index (χ0) is 6.81. The highest BCUT2D eigenvalue weighted by Gasteiger charge is 2.26. The van der Waals surface area contributed by atoms with Gasteiger partial charge in [0.2, 0.25) is 0 Å². The molecule has 1 heteroatoms. The van der Waals surface area contributed by atoms with Crippen LogP contribution in [0.2, 0.25) is 0 Å². The van der Waals surface area contributed by atoms with E-state index in [1.54, 1.807) is 0 Å². The molecule has 0 bridgehead atoms. The number of rotatable bonds is 2. The fourth-order valence-corrected chi connectivity index (χ4v) is 1.75. The highest BCUT2D eigenvalue weighted by Crippen LogP contribution is 2.26. The van der Waals surface area contributed by atoms with Crippen molar-refractivity contribution in [1.29, 1.82) is 0 Å². The van der Waals surface area contributed by atoms with E-state index in [1.165, 1.54) is 44.9 Å². The molecular formula is C9H16N. The quantitative estimate of drug-likeness (QED) is 0.554. The Balaban J connectivity index is 1.69. The molecule has 0 aromatic rings. The maximum absolute atomic E-state index is 4.75. The van der Waals surface area contributed by atoms with E-state index < -0.39 is 0 Å². The van der Waals surface area contributed by atoms with Crippen LogP contribution in [0.25, 0.3) is 0 Å².